The number of esters is 1. The standard InChI is InChI=1S/C20H23N3O6/c1-3-8-23-17(21)16(18(25)22(2)20(23)27)14(24)11-29-19(26)13-9-12-6-4-5-7-15(12)28-10-13/h4-7,13H,3,8-11,21H2,1-2H3/t13-/m0/s1. The van der Waals surface area contributed by atoms with Gasteiger partial charge in [0.15, 0.2) is 6.61 Å². The predicted octanol–water partition coefficient (Wildman–Crippen LogP) is 0.516. The van der Waals surface area contributed by atoms with Crippen LogP contribution in [0.2, 0.25) is 0 Å². The number of Topliss-reactive ketones (excluding diaryl/α,β-unsaturated/α-hetero) is 1. The largest absolute Gasteiger partial charge is 0.492 e. The number of fused-ring (bicyclic) bond motifs is 1. The monoisotopic (exact) mass is 401 g/mol. The predicted molar refractivity (Wildman–Crippen MR) is 105 cm³/mol. The summed E-state index contributed by atoms with van der Waals surface area (Å²) in [6.07, 6.45) is 1.03. The van der Waals surface area contributed by atoms with Crippen LogP contribution in [0.5, 0.6) is 5.75 Å². The van der Waals surface area contributed by atoms with E-state index in [0.717, 1.165) is 15.9 Å². The third-order valence-electron chi connectivity index (χ3n) is 4.87. The van der Waals surface area contributed by atoms with Gasteiger partial charge in [0.2, 0.25) is 5.78 Å². The number of para-hydroxylation sites is 1. The Hall–Kier alpha value is -3.36. The Kier molecular flexibility index (Phi) is 5.86. The van der Waals surface area contributed by atoms with Crippen LogP contribution in [0.15, 0.2) is 33.9 Å². The number of hydrogen-bond donors (Lipinski definition) is 1. The van der Waals surface area contributed by atoms with E-state index in [9.17, 15) is 19.2 Å². The maximum atomic E-state index is 12.6. The summed E-state index contributed by atoms with van der Waals surface area (Å²) in [5.74, 6) is -1.38. The summed E-state index contributed by atoms with van der Waals surface area (Å²) < 4.78 is 12.7. The van der Waals surface area contributed by atoms with Crippen molar-refractivity contribution in [3.63, 3.8) is 0 Å². The molecule has 9 heteroatoms. The number of anilines is 1. The molecule has 0 radical (unpaired) electrons. The van der Waals surface area contributed by atoms with Crippen molar-refractivity contribution in [3.05, 3.63) is 56.2 Å². The summed E-state index contributed by atoms with van der Waals surface area (Å²) >= 11 is 0. The van der Waals surface area contributed by atoms with Crippen LogP contribution in [0.4, 0.5) is 5.82 Å². The first-order valence-electron chi connectivity index (χ1n) is 9.35. The van der Waals surface area contributed by atoms with Crippen LogP contribution in [-0.4, -0.2) is 34.1 Å². The summed E-state index contributed by atoms with van der Waals surface area (Å²) in [6, 6.07) is 7.38. The molecule has 3 rings (SSSR count). The summed E-state index contributed by atoms with van der Waals surface area (Å²) in [4.78, 5) is 49.5. The van der Waals surface area contributed by atoms with E-state index in [1.165, 1.54) is 11.6 Å². The van der Waals surface area contributed by atoms with Gasteiger partial charge in [-0.05, 0) is 24.5 Å². The van der Waals surface area contributed by atoms with E-state index in [1.807, 2.05) is 31.2 Å². The fourth-order valence-corrected chi connectivity index (χ4v) is 3.29. The number of nitrogens with two attached hydrogens (primary N) is 1. The van der Waals surface area contributed by atoms with Crippen LogP contribution in [0.3, 0.4) is 0 Å². The maximum absolute atomic E-state index is 12.6. The fraction of sp³-hybridized carbons (Fsp3) is 0.400. The molecule has 0 saturated heterocycles. The number of rotatable bonds is 6. The van der Waals surface area contributed by atoms with Gasteiger partial charge < -0.3 is 15.2 Å². The molecule has 9 nitrogen and oxygen atoms in total. The van der Waals surface area contributed by atoms with Gasteiger partial charge in [0.05, 0.1) is 5.92 Å². The van der Waals surface area contributed by atoms with E-state index in [-0.39, 0.29) is 24.5 Å². The van der Waals surface area contributed by atoms with Gasteiger partial charge in [0, 0.05) is 13.6 Å². The minimum atomic E-state index is -0.809. The first-order chi connectivity index (χ1) is 13.8. The molecular formula is C20H23N3O6. The van der Waals surface area contributed by atoms with E-state index in [2.05, 4.69) is 0 Å². The Morgan fingerprint density at radius 2 is 2.00 bits per heavy atom. The van der Waals surface area contributed by atoms with Crippen molar-refractivity contribution in [3.8, 4) is 5.75 Å². The van der Waals surface area contributed by atoms with Gasteiger partial charge in [-0.3, -0.25) is 23.5 Å². The zero-order chi connectivity index (χ0) is 21.1. The summed E-state index contributed by atoms with van der Waals surface area (Å²) in [6.45, 7) is 1.61. The average Bonchev–Trinajstić information content (AvgIpc) is 2.73. The van der Waals surface area contributed by atoms with Crippen LogP contribution in [0.1, 0.15) is 29.3 Å². The molecule has 0 amide bonds. The molecule has 1 aromatic carbocycles. The van der Waals surface area contributed by atoms with Gasteiger partial charge in [0.25, 0.3) is 5.56 Å². The zero-order valence-corrected chi connectivity index (χ0v) is 16.3. The molecule has 1 aliphatic heterocycles. The highest BCUT2D eigenvalue weighted by atomic mass is 16.5. The lowest BCUT2D eigenvalue weighted by atomic mass is 9.97. The number of ether oxygens (including phenoxy) is 2. The molecule has 1 aromatic heterocycles. The van der Waals surface area contributed by atoms with E-state index < -0.39 is 35.5 Å². The average molecular weight is 401 g/mol. The third kappa shape index (κ3) is 3.94. The molecule has 2 heterocycles. The third-order valence-corrected chi connectivity index (χ3v) is 4.87. The summed E-state index contributed by atoms with van der Waals surface area (Å²) in [7, 11) is 1.27. The Bertz CT molecular complexity index is 1070. The van der Waals surface area contributed by atoms with Gasteiger partial charge in [-0.15, -0.1) is 0 Å². The lowest BCUT2D eigenvalue weighted by molar-refractivity contribution is -0.148. The highest BCUT2D eigenvalue weighted by Crippen LogP contribution is 2.27. The van der Waals surface area contributed by atoms with Crippen LogP contribution in [0.25, 0.3) is 0 Å². The van der Waals surface area contributed by atoms with Crippen LogP contribution in [0, 0.1) is 5.92 Å². The highest BCUT2D eigenvalue weighted by molar-refractivity contribution is 6.01. The van der Waals surface area contributed by atoms with Crippen molar-refractivity contribution < 1.29 is 19.1 Å². The Labute approximate surface area is 166 Å². The van der Waals surface area contributed by atoms with Crippen LogP contribution < -0.4 is 21.7 Å². The van der Waals surface area contributed by atoms with Crippen molar-refractivity contribution in [2.75, 3.05) is 18.9 Å². The normalized spacial score (nSPS) is 15.3. The molecule has 0 saturated carbocycles. The Morgan fingerprint density at radius 3 is 2.72 bits per heavy atom. The second kappa shape index (κ2) is 8.34. The number of aromatic nitrogens is 2. The second-order valence-corrected chi connectivity index (χ2v) is 6.91. The van der Waals surface area contributed by atoms with Crippen LogP contribution >= 0.6 is 0 Å². The van der Waals surface area contributed by atoms with E-state index in [1.54, 1.807) is 0 Å². The topological polar surface area (TPSA) is 123 Å². The molecule has 2 N–H and O–H groups in total. The smallest absolute Gasteiger partial charge is 0.332 e. The number of carbonyl (C=O) groups is 2. The Morgan fingerprint density at radius 1 is 1.28 bits per heavy atom. The lowest BCUT2D eigenvalue weighted by Crippen LogP contribution is -2.43. The number of benzene rings is 1. The second-order valence-electron chi connectivity index (χ2n) is 6.91. The molecule has 1 aliphatic rings. The maximum Gasteiger partial charge on any atom is 0.332 e. The van der Waals surface area contributed by atoms with E-state index >= 15 is 0 Å². The zero-order valence-electron chi connectivity index (χ0n) is 16.3. The van der Waals surface area contributed by atoms with Crippen LogP contribution in [-0.2, 0) is 29.5 Å². The van der Waals surface area contributed by atoms with Crippen molar-refractivity contribution in [2.24, 2.45) is 13.0 Å². The van der Waals surface area contributed by atoms with Gasteiger partial charge in [-0.2, -0.15) is 0 Å². The molecule has 0 unspecified atom stereocenters. The molecule has 0 aliphatic carbocycles. The minimum absolute atomic E-state index is 0.148. The number of ketones is 1. The molecule has 2 aromatic rings. The molecule has 1 atom stereocenters. The van der Waals surface area contributed by atoms with Gasteiger partial charge in [-0.25, -0.2) is 4.79 Å². The molecule has 154 valence electrons. The Balaban J connectivity index is 1.74. The van der Waals surface area contributed by atoms with Crippen molar-refractivity contribution in [1.29, 1.82) is 0 Å². The summed E-state index contributed by atoms with van der Waals surface area (Å²) in [5.41, 5.74) is 5.04. The van der Waals surface area contributed by atoms with E-state index in [0.29, 0.717) is 12.8 Å². The highest BCUT2D eigenvalue weighted by Gasteiger charge is 2.29. The van der Waals surface area contributed by atoms with E-state index in [4.69, 9.17) is 15.2 Å². The van der Waals surface area contributed by atoms with Crippen molar-refractivity contribution in [2.45, 2.75) is 26.3 Å². The summed E-state index contributed by atoms with van der Waals surface area (Å²) in [5, 5.41) is 0. The molecule has 0 spiro atoms. The number of hydrogen-bond acceptors (Lipinski definition) is 7. The minimum Gasteiger partial charge on any atom is -0.492 e. The quantitative estimate of drug-likeness (QED) is 0.553. The van der Waals surface area contributed by atoms with Gasteiger partial charge >= 0.3 is 11.7 Å². The molecule has 29 heavy (non-hydrogen) atoms. The molecular weight excluding hydrogens is 378 g/mol. The molecule has 0 bridgehead atoms. The first kappa shape index (κ1) is 20.4. The first-order valence-corrected chi connectivity index (χ1v) is 9.35. The molecule has 0 fully saturated rings. The number of carbonyl (C=O) groups excluding carboxylic acids is 2. The van der Waals surface area contributed by atoms with Gasteiger partial charge in [-0.1, -0.05) is 25.1 Å². The fourth-order valence-electron chi connectivity index (χ4n) is 3.29. The van der Waals surface area contributed by atoms with Crippen molar-refractivity contribution in [1.82, 2.24) is 9.13 Å². The van der Waals surface area contributed by atoms with Crippen molar-refractivity contribution >= 4 is 17.6 Å². The lowest BCUT2D eigenvalue weighted by Gasteiger charge is -2.23. The number of nitrogen functional groups attached to an aromatic ring is 1. The SMILES string of the molecule is CCCn1c(N)c(C(=O)COC(=O)[C@@H]2COc3ccccc3C2)c(=O)n(C)c1=O. The van der Waals surface area contributed by atoms with Gasteiger partial charge in [0.1, 0.15) is 23.7 Å². The number of nitrogens with zero attached hydrogens (tertiary/aromatic N) is 2.